The van der Waals surface area contributed by atoms with Gasteiger partial charge in [-0.15, -0.1) is 0 Å². The number of halogens is 1. The van der Waals surface area contributed by atoms with Crippen molar-refractivity contribution in [3.05, 3.63) is 58.1 Å². The molecule has 0 radical (unpaired) electrons. The van der Waals surface area contributed by atoms with E-state index in [9.17, 15) is 8.42 Å². The van der Waals surface area contributed by atoms with Crippen LogP contribution in [0.5, 0.6) is 5.75 Å². The maximum Gasteiger partial charge on any atom is 0.241 e. The number of hydrogen-bond acceptors (Lipinski definition) is 3. The Morgan fingerprint density at radius 3 is 2.59 bits per heavy atom. The molecule has 0 amide bonds. The van der Waals surface area contributed by atoms with Crippen molar-refractivity contribution in [1.82, 2.24) is 4.72 Å². The highest BCUT2D eigenvalue weighted by Crippen LogP contribution is 2.34. The Morgan fingerprint density at radius 1 is 1.18 bits per heavy atom. The van der Waals surface area contributed by atoms with Crippen molar-refractivity contribution in [2.75, 3.05) is 7.11 Å². The summed E-state index contributed by atoms with van der Waals surface area (Å²) in [5.41, 5.74) is 2.25. The van der Waals surface area contributed by atoms with Crippen molar-refractivity contribution in [2.24, 2.45) is 0 Å². The first-order valence-electron chi connectivity index (χ1n) is 6.94. The highest BCUT2D eigenvalue weighted by Gasteiger charge is 2.27. The SMILES string of the molecule is COc1ccc(S(=O)(=O)NC2CCc3cc(Br)ccc32)cc1. The van der Waals surface area contributed by atoms with Crippen molar-refractivity contribution in [3.8, 4) is 5.75 Å². The standard InChI is InChI=1S/C16H16BrNO3S/c1-21-13-4-6-14(7-5-13)22(19,20)18-16-9-2-11-10-12(17)3-8-15(11)16/h3-8,10,16,18H,2,9H2,1H3. The number of benzene rings is 2. The van der Waals surface area contributed by atoms with Gasteiger partial charge in [-0.25, -0.2) is 13.1 Å². The summed E-state index contributed by atoms with van der Waals surface area (Å²) in [7, 11) is -1.99. The van der Waals surface area contributed by atoms with E-state index in [0.29, 0.717) is 5.75 Å². The summed E-state index contributed by atoms with van der Waals surface area (Å²) in [6.45, 7) is 0. The Bertz CT molecular complexity index is 788. The lowest BCUT2D eigenvalue weighted by Gasteiger charge is -2.15. The van der Waals surface area contributed by atoms with Crippen molar-refractivity contribution >= 4 is 26.0 Å². The van der Waals surface area contributed by atoms with E-state index in [2.05, 4.69) is 26.7 Å². The van der Waals surface area contributed by atoms with Gasteiger partial charge >= 0.3 is 0 Å². The molecule has 116 valence electrons. The first-order chi connectivity index (χ1) is 10.5. The minimum Gasteiger partial charge on any atom is -0.497 e. The third-order valence-corrected chi connectivity index (χ3v) is 5.83. The lowest BCUT2D eigenvalue weighted by Crippen LogP contribution is -2.27. The van der Waals surface area contributed by atoms with Gasteiger partial charge in [0, 0.05) is 10.5 Å². The summed E-state index contributed by atoms with van der Waals surface area (Å²) < 4.78 is 33.9. The predicted molar refractivity (Wildman–Crippen MR) is 88.5 cm³/mol. The Hall–Kier alpha value is -1.37. The molecule has 0 spiro atoms. The first kappa shape index (κ1) is 15.5. The average molecular weight is 382 g/mol. The summed E-state index contributed by atoms with van der Waals surface area (Å²) in [5.74, 6) is 0.634. The molecule has 2 aromatic rings. The molecule has 0 aliphatic heterocycles. The summed E-state index contributed by atoms with van der Waals surface area (Å²) in [4.78, 5) is 0.249. The Kier molecular flexibility index (Phi) is 4.25. The van der Waals surface area contributed by atoms with E-state index >= 15 is 0 Å². The van der Waals surface area contributed by atoms with Crippen LogP contribution in [0.2, 0.25) is 0 Å². The fourth-order valence-electron chi connectivity index (χ4n) is 2.72. The number of sulfonamides is 1. The molecule has 1 aliphatic carbocycles. The fraction of sp³-hybridized carbons (Fsp3) is 0.250. The highest BCUT2D eigenvalue weighted by molar-refractivity contribution is 9.10. The van der Waals surface area contributed by atoms with Crippen LogP contribution in [-0.2, 0) is 16.4 Å². The van der Waals surface area contributed by atoms with E-state index in [1.807, 2.05) is 12.1 Å². The molecular weight excluding hydrogens is 366 g/mol. The fourth-order valence-corrected chi connectivity index (χ4v) is 4.38. The molecule has 2 aromatic carbocycles. The minimum absolute atomic E-state index is 0.171. The molecule has 1 aliphatic rings. The third kappa shape index (κ3) is 3.04. The zero-order chi connectivity index (χ0) is 15.7. The predicted octanol–water partition coefficient (Wildman–Crippen LogP) is 3.42. The third-order valence-electron chi connectivity index (χ3n) is 3.85. The van der Waals surface area contributed by atoms with Gasteiger partial charge in [0.25, 0.3) is 0 Å². The van der Waals surface area contributed by atoms with E-state index < -0.39 is 10.0 Å². The molecule has 0 fully saturated rings. The summed E-state index contributed by atoms with van der Waals surface area (Å²) in [5, 5.41) is 0. The number of methoxy groups -OCH3 is 1. The van der Waals surface area contributed by atoms with Crippen molar-refractivity contribution in [3.63, 3.8) is 0 Å². The number of hydrogen-bond donors (Lipinski definition) is 1. The lowest BCUT2D eigenvalue weighted by atomic mass is 10.1. The summed E-state index contributed by atoms with van der Waals surface area (Å²) in [6, 6.07) is 12.2. The van der Waals surface area contributed by atoms with Crippen LogP contribution in [0, 0.1) is 0 Å². The molecule has 0 saturated carbocycles. The van der Waals surface area contributed by atoms with Gasteiger partial charge in [-0.2, -0.15) is 0 Å². The van der Waals surface area contributed by atoms with Gasteiger partial charge in [0.1, 0.15) is 5.75 Å². The minimum atomic E-state index is -3.54. The van der Waals surface area contributed by atoms with Crippen LogP contribution in [0.25, 0.3) is 0 Å². The number of ether oxygens (including phenoxy) is 1. The molecule has 22 heavy (non-hydrogen) atoms. The largest absolute Gasteiger partial charge is 0.497 e. The molecule has 3 rings (SSSR count). The maximum atomic E-state index is 12.5. The Morgan fingerprint density at radius 2 is 1.91 bits per heavy atom. The van der Waals surface area contributed by atoms with Crippen LogP contribution in [0.15, 0.2) is 51.8 Å². The normalized spacial score (nSPS) is 17.3. The summed E-state index contributed by atoms with van der Waals surface area (Å²) in [6.07, 6.45) is 1.66. The molecule has 0 aromatic heterocycles. The molecule has 0 heterocycles. The molecule has 1 atom stereocenters. The van der Waals surface area contributed by atoms with Gasteiger partial charge in [-0.3, -0.25) is 0 Å². The summed E-state index contributed by atoms with van der Waals surface area (Å²) >= 11 is 3.45. The molecule has 0 saturated heterocycles. The topological polar surface area (TPSA) is 55.4 Å². The Balaban J connectivity index is 1.84. The van der Waals surface area contributed by atoms with Gasteiger partial charge in [0.2, 0.25) is 10.0 Å². The van der Waals surface area contributed by atoms with E-state index in [1.54, 1.807) is 31.4 Å². The van der Waals surface area contributed by atoms with E-state index in [-0.39, 0.29) is 10.9 Å². The van der Waals surface area contributed by atoms with E-state index in [1.165, 1.54) is 5.56 Å². The van der Waals surface area contributed by atoms with Gasteiger partial charge in [-0.1, -0.05) is 22.0 Å². The zero-order valence-electron chi connectivity index (χ0n) is 12.0. The second kappa shape index (κ2) is 6.02. The molecule has 4 nitrogen and oxygen atoms in total. The zero-order valence-corrected chi connectivity index (χ0v) is 14.4. The van der Waals surface area contributed by atoms with Gasteiger partial charge < -0.3 is 4.74 Å². The molecule has 6 heteroatoms. The number of rotatable bonds is 4. The number of aryl methyl sites for hydroxylation is 1. The van der Waals surface area contributed by atoms with Gasteiger partial charge in [-0.05, 0) is 60.4 Å². The first-order valence-corrected chi connectivity index (χ1v) is 9.22. The van der Waals surface area contributed by atoms with Gasteiger partial charge in [0.05, 0.1) is 12.0 Å². The van der Waals surface area contributed by atoms with Crippen molar-refractivity contribution in [2.45, 2.75) is 23.8 Å². The van der Waals surface area contributed by atoms with Crippen molar-refractivity contribution < 1.29 is 13.2 Å². The van der Waals surface area contributed by atoms with Crippen LogP contribution < -0.4 is 9.46 Å². The number of fused-ring (bicyclic) bond motifs is 1. The maximum absolute atomic E-state index is 12.5. The van der Waals surface area contributed by atoms with Crippen LogP contribution in [0.4, 0.5) is 0 Å². The smallest absolute Gasteiger partial charge is 0.241 e. The molecule has 1 N–H and O–H groups in total. The van der Waals surface area contributed by atoms with Crippen LogP contribution in [0.1, 0.15) is 23.6 Å². The molecule has 0 bridgehead atoms. The second-order valence-corrected chi connectivity index (χ2v) is 7.86. The van der Waals surface area contributed by atoms with Gasteiger partial charge in [0.15, 0.2) is 0 Å². The monoisotopic (exact) mass is 381 g/mol. The highest BCUT2D eigenvalue weighted by atomic mass is 79.9. The van der Waals surface area contributed by atoms with E-state index in [4.69, 9.17) is 4.74 Å². The number of nitrogens with one attached hydrogen (secondary N) is 1. The second-order valence-electron chi connectivity index (χ2n) is 5.23. The Labute approximate surface area is 138 Å². The van der Waals surface area contributed by atoms with Crippen LogP contribution in [0.3, 0.4) is 0 Å². The molecular formula is C16H16BrNO3S. The van der Waals surface area contributed by atoms with Crippen LogP contribution >= 0.6 is 15.9 Å². The van der Waals surface area contributed by atoms with E-state index in [0.717, 1.165) is 22.9 Å². The quantitative estimate of drug-likeness (QED) is 0.882. The molecule has 1 unspecified atom stereocenters. The van der Waals surface area contributed by atoms with Crippen molar-refractivity contribution in [1.29, 1.82) is 0 Å². The average Bonchev–Trinajstić information content (AvgIpc) is 2.89. The van der Waals surface area contributed by atoms with Crippen LogP contribution in [-0.4, -0.2) is 15.5 Å². The lowest BCUT2D eigenvalue weighted by molar-refractivity contribution is 0.414.